The number of benzene rings is 1. The molecule has 1 aliphatic heterocycles. The van der Waals surface area contributed by atoms with Crippen molar-refractivity contribution >= 4 is 10.0 Å². The lowest BCUT2D eigenvalue weighted by Gasteiger charge is -2.31. The number of nitrogens with zero attached hydrogens (tertiary/aromatic N) is 2. The van der Waals surface area contributed by atoms with Crippen LogP contribution in [0.4, 0.5) is 0 Å². The number of piperidine rings is 1. The Balaban J connectivity index is 1.90. The average molecular weight is 322 g/mol. The van der Waals surface area contributed by atoms with Gasteiger partial charge in [-0.3, -0.25) is 0 Å². The fraction of sp³-hybridized carbons (Fsp3) is 0.562. The zero-order valence-corrected chi connectivity index (χ0v) is 13.7. The van der Waals surface area contributed by atoms with Crippen LogP contribution in [0.15, 0.2) is 24.3 Å². The van der Waals surface area contributed by atoms with Crippen molar-refractivity contribution in [1.29, 1.82) is 5.26 Å². The lowest BCUT2D eigenvalue weighted by molar-refractivity contribution is 0.319. The van der Waals surface area contributed by atoms with Crippen molar-refractivity contribution in [2.24, 2.45) is 0 Å². The van der Waals surface area contributed by atoms with E-state index in [0.29, 0.717) is 31.8 Å². The minimum atomic E-state index is -3.21. The molecule has 1 heterocycles. The molecule has 0 radical (unpaired) electrons. The standard InChI is InChI=1S/C16H22N2O3S/c1-21-16-6-4-14(5-7-16)15-8-11-18(12-9-15)22(19,20)13-3-2-10-17/h4-7,15H,2-3,8-9,11-13H2,1H3. The summed E-state index contributed by atoms with van der Waals surface area (Å²) in [4.78, 5) is 0. The van der Waals surface area contributed by atoms with E-state index in [1.807, 2.05) is 18.2 Å². The minimum absolute atomic E-state index is 0.0771. The number of nitriles is 1. The van der Waals surface area contributed by atoms with Gasteiger partial charge >= 0.3 is 0 Å². The van der Waals surface area contributed by atoms with E-state index < -0.39 is 10.0 Å². The highest BCUT2D eigenvalue weighted by Crippen LogP contribution is 2.30. The van der Waals surface area contributed by atoms with Crippen LogP contribution in [0, 0.1) is 11.3 Å². The van der Waals surface area contributed by atoms with Gasteiger partial charge in [-0.1, -0.05) is 12.1 Å². The van der Waals surface area contributed by atoms with Gasteiger partial charge in [-0.25, -0.2) is 12.7 Å². The van der Waals surface area contributed by atoms with E-state index >= 15 is 0 Å². The third kappa shape index (κ3) is 4.21. The van der Waals surface area contributed by atoms with Crippen LogP contribution in [-0.4, -0.2) is 38.7 Å². The fourth-order valence-corrected chi connectivity index (χ4v) is 4.34. The van der Waals surface area contributed by atoms with Crippen molar-refractivity contribution < 1.29 is 13.2 Å². The van der Waals surface area contributed by atoms with Gasteiger partial charge in [0.15, 0.2) is 0 Å². The topological polar surface area (TPSA) is 70.4 Å². The first-order valence-electron chi connectivity index (χ1n) is 7.55. The SMILES string of the molecule is COc1ccc(C2CCN(S(=O)(=O)CCCC#N)CC2)cc1. The highest BCUT2D eigenvalue weighted by molar-refractivity contribution is 7.89. The molecule has 1 aromatic carbocycles. The Morgan fingerprint density at radius 3 is 2.45 bits per heavy atom. The molecule has 0 aromatic heterocycles. The average Bonchev–Trinajstić information content (AvgIpc) is 2.55. The summed E-state index contributed by atoms with van der Waals surface area (Å²) in [5.74, 6) is 1.31. The van der Waals surface area contributed by atoms with Crippen LogP contribution in [0.3, 0.4) is 0 Å². The van der Waals surface area contributed by atoms with Gasteiger partial charge < -0.3 is 4.74 Å². The number of hydrogen-bond acceptors (Lipinski definition) is 4. The maximum Gasteiger partial charge on any atom is 0.214 e. The number of hydrogen-bond donors (Lipinski definition) is 0. The maximum absolute atomic E-state index is 12.2. The molecule has 6 heteroatoms. The van der Waals surface area contributed by atoms with Crippen LogP contribution in [0.2, 0.25) is 0 Å². The number of ether oxygens (including phenoxy) is 1. The third-order valence-electron chi connectivity index (χ3n) is 4.13. The second-order valence-corrected chi connectivity index (χ2v) is 7.61. The second kappa shape index (κ2) is 7.61. The molecule has 0 saturated carbocycles. The second-order valence-electron chi connectivity index (χ2n) is 5.52. The van der Waals surface area contributed by atoms with Gasteiger partial charge in [0.2, 0.25) is 10.0 Å². The molecule has 2 rings (SSSR count). The largest absolute Gasteiger partial charge is 0.497 e. The van der Waals surface area contributed by atoms with E-state index in [0.717, 1.165) is 18.6 Å². The Bertz CT molecular complexity index is 612. The van der Waals surface area contributed by atoms with Crippen LogP contribution in [0.25, 0.3) is 0 Å². The van der Waals surface area contributed by atoms with Crippen molar-refractivity contribution in [1.82, 2.24) is 4.31 Å². The Kier molecular flexibility index (Phi) is 5.81. The predicted molar refractivity (Wildman–Crippen MR) is 85.2 cm³/mol. The number of methoxy groups -OCH3 is 1. The Morgan fingerprint density at radius 2 is 1.91 bits per heavy atom. The van der Waals surface area contributed by atoms with Crippen LogP contribution >= 0.6 is 0 Å². The quantitative estimate of drug-likeness (QED) is 0.755. The molecule has 0 bridgehead atoms. The van der Waals surface area contributed by atoms with Gasteiger partial charge in [-0.2, -0.15) is 5.26 Å². The molecule has 120 valence electrons. The summed E-state index contributed by atoms with van der Waals surface area (Å²) in [5.41, 5.74) is 1.24. The lowest BCUT2D eigenvalue weighted by Crippen LogP contribution is -2.39. The van der Waals surface area contributed by atoms with E-state index in [1.165, 1.54) is 5.56 Å². The van der Waals surface area contributed by atoms with Crippen LogP contribution in [0.5, 0.6) is 5.75 Å². The van der Waals surface area contributed by atoms with Crippen LogP contribution < -0.4 is 4.74 Å². The summed E-state index contributed by atoms with van der Waals surface area (Å²) < 4.78 is 31.1. The summed E-state index contributed by atoms with van der Waals surface area (Å²) >= 11 is 0. The van der Waals surface area contributed by atoms with Crippen molar-refractivity contribution in [3.63, 3.8) is 0 Å². The smallest absolute Gasteiger partial charge is 0.214 e. The Labute approximate surface area is 132 Å². The molecule has 0 unspecified atom stereocenters. The maximum atomic E-state index is 12.2. The molecule has 0 N–H and O–H groups in total. The molecule has 1 aliphatic rings. The number of unbranched alkanes of at least 4 members (excludes halogenated alkanes) is 1. The first-order chi connectivity index (χ1) is 10.6. The molecule has 0 aliphatic carbocycles. The number of sulfonamides is 1. The van der Waals surface area contributed by atoms with Crippen LogP contribution in [-0.2, 0) is 10.0 Å². The lowest BCUT2D eigenvalue weighted by atomic mass is 9.90. The van der Waals surface area contributed by atoms with Crippen molar-refractivity contribution in [2.75, 3.05) is 26.0 Å². The summed E-state index contributed by atoms with van der Waals surface area (Å²) in [7, 11) is -1.57. The van der Waals surface area contributed by atoms with Crippen LogP contribution in [0.1, 0.15) is 37.2 Å². The van der Waals surface area contributed by atoms with Crippen molar-refractivity contribution in [3.05, 3.63) is 29.8 Å². The summed E-state index contributed by atoms with van der Waals surface area (Å²) in [6.45, 7) is 1.12. The highest BCUT2D eigenvalue weighted by Gasteiger charge is 2.28. The van der Waals surface area contributed by atoms with Gasteiger partial charge in [-0.05, 0) is 42.9 Å². The van der Waals surface area contributed by atoms with E-state index in [4.69, 9.17) is 10.00 Å². The van der Waals surface area contributed by atoms with Gasteiger partial charge in [0.05, 0.1) is 18.9 Å². The summed E-state index contributed by atoms with van der Waals surface area (Å²) in [5, 5.41) is 8.50. The number of rotatable bonds is 6. The first-order valence-corrected chi connectivity index (χ1v) is 9.16. The molecular formula is C16H22N2O3S. The fourth-order valence-electron chi connectivity index (χ4n) is 2.81. The first kappa shape index (κ1) is 16.8. The minimum Gasteiger partial charge on any atom is -0.497 e. The van der Waals surface area contributed by atoms with Gasteiger partial charge in [0.1, 0.15) is 5.75 Å². The summed E-state index contributed by atoms with van der Waals surface area (Å²) in [6, 6.07) is 9.99. The molecule has 1 aromatic rings. The molecule has 0 atom stereocenters. The Morgan fingerprint density at radius 1 is 1.27 bits per heavy atom. The molecule has 0 amide bonds. The molecule has 1 saturated heterocycles. The molecular weight excluding hydrogens is 300 g/mol. The van der Waals surface area contributed by atoms with Crippen molar-refractivity contribution in [2.45, 2.75) is 31.6 Å². The van der Waals surface area contributed by atoms with E-state index in [2.05, 4.69) is 12.1 Å². The van der Waals surface area contributed by atoms with Gasteiger partial charge in [-0.15, -0.1) is 0 Å². The molecule has 5 nitrogen and oxygen atoms in total. The predicted octanol–water partition coefficient (Wildman–Crippen LogP) is 2.51. The normalized spacial score (nSPS) is 17.1. The Hall–Kier alpha value is -1.58. The van der Waals surface area contributed by atoms with E-state index in [9.17, 15) is 8.42 Å². The van der Waals surface area contributed by atoms with Gasteiger partial charge in [0.25, 0.3) is 0 Å². The van der Waals surface area contributed by atoms with E-state index in [-0.39, 0.29) is 5.75 Å². The molecule has 1 fully saturated rings. The highest BCUT2D eigenvalue weighted by atomic mass is 32.2. The van der Waals surface area contributed by atoms with Gasteiger partial charge in [0, 0.05) is 19.5 Å². The van der Waals surface area contributed by atoms with Crippen molar-refractivity contribution in [3.8, 4) is 11.8 Å². The molecule has 22 heavy (non-hydrogen) atoms. The third-order valence-corrected chi connectivity index (χ3v) is 6.08. The monoisotopic (exact) mass is 322 g/mol. The molecule has 0 spiro atoms. The van der Waals surface area contributed by atoms with E-state index in [1.54, 1.807) is 11.4 Å². The summed E-state index contributed by atoms with van der Waals surface area (Å²) in [6.07, 6.45) is 2.38. The zero-order valence-electron chi connectivity index (χ0n) is 12.9. The zero-order chi connectivity index (χ0) is 16.0.